The van der Waals surface area contributed by atoms with E-state index in [1.165, 1.54) is 5.57 Å². The number of aliphatic hydroxyl groups is 1. The fraction of sp³-hybridized carbons (Fsp3) is 0.810. The van der Waals surface area contributed by atoms with E-state index in [0.717, 1.165) is 44.9 Å². The minimum atomic E-state index is -0.795. The second-order valence-corrected chi connectivity index (χ2v) is 9.33. The molecule has 4 aliphatic rings. The molecule has 0 heterocycles. The Morgan fingerprint density at radius 2 is 1.92 bits per heavy atom. The molecule has 0 aromatic carbocycles. The van der Waals surface area contributed by atoms with Gasteiger partial charge in [0, 0.05) is 11.8 Å². The van der Waals surface area contributed by atoms with Crippen molar-refractivity contribution >= 4 is 5.78 Å². The monoisotopic (exact) mass is 327 g/mol. The molecule has 0 aromatic rings. The van der Waals surface area contributed by atoms with Gasteiger partial charge in [0.1, 0.15) is 0 Å². The summed E-state index contributed by atoms with van der Waals surface area (Å²) < 4.78 is 0. The lowest BCUT2D eigenvalue weighted by Crippen LogP contribution is -2.54. The minimum Gasteiger partial charge on any atom is -0.388 e. The molecule has 0 spiro atoms. The third-order valence-electron chi connectivity index (χ3n) is 8.66. The molecule has 0 aromatic heterocycles. The number of allylic oxidation sites excluding steroid dienone is 1. The lowest BCUT2D eigenvalue weighted by atomic mass is 9.46. The average Bonchev–Trinajstić information content (AvgIpc) is 2.80. The van der Waals surface area contributed by atoms with Crippen LogP contribution in [-0.2, 0) is 4.79 Å². The van der Waals surface area contributed by atoms with Crippen molar-refractivity contribution in [2.75, 3.05) is 0 Å². The Bertz CT molecular complexity index is 647. The first kappa shape index (κ1) is 16.3. The highest BCUT2D eigenvalue weighted by Crippen LogP contribution is 2.67. The van der Waals surface area contributed by atoms with Crippen LogP contribution >= 0.6 is 0 Å². The van der Waals surface area contributed by atoms with E-state index in [4.69, 9.17) is 0 Å². The van der Waals surface area contributed by atoms with E-state index >= 15 is 0 Å². The zero-order valence-electron chi connectivity index (χ0n) is 15.0. The molecule has 0 aliphatic heterocycles. The van der Waals surface area contributed by atoms with Crippen molar-refractivity contribution < 1.29 is 9.90 Å². The summed E-state index contributed by atoms with van der Waals surface area (Å²) in [6.07, 6.45) is 10.1. The zero-order chi connectivity index (χ0) is 17.2. The fourth-order valence-electron chi connectivity index (χ4n) is 7.09. The highest BCUT2D eigenvalue weighted by molar-refractivity contribution is 5.91. The van der Waals surface area contributed by atoms with Crippen LogP contribution in [-0.4, -0.2) is 16.5 Å². The fourth-order valence-corrected chi connectivity index (χ4v) is 7.09. The smallest absolute Gasteiger partial charge is 0.155 e. The Morgan fingerprint density at radius 1 is 1.17 bits per heavy atom. The largest absolute Gasteiger partial charge is 0.388 e. The molecule has 0 unspecified atom stereocenters. The van der Waals surface area contributed by atoms with Gasteiger partial charge in [0.15, 0.2) is 5.78 Å². The molecule has 0 radical (unpaired) electrons. The van der Waals surface area contributed by atoms with E-state index in [1.54, 1.807) is 0 Å². The maximum Gasteiger partial charge on any atom is 0.155 e. The van der Waals surface area contributed by atoms with E-state index in [0.29, 0.717) is 30.0 Å². The Balaban J connectivity index is 1.67. The normalized spacial score (nSPS) is 50.3. The Labute approximate surface area is 145 Å². The van der Waals surface area contributed by atoms with E-state index in [9.17, 15) is 15.2 Å². The topological polar surface area (TPSA) is 61.1 Å². The first-order valence-corrected chi connectivity index (χ1v) is 9.67. The number of carbonyl (C=O) groups excluding carboxylic acids is 1. The molecular weight excluding hydrogens is 298 g/mol. The van der Waals surface area contributed by atoms with Gasteiger partial charge in [-0.25, -0.2) is 0 Å². The standard InChI is InChI=1S/C21H29NO2/c1-19-8-5-15(23)13-14(19)3-4-16-17(19)6-9-20(2)18(16)7-10-21(20,24)11-12-22/h13,16-18,24H,3-11H2,1-2H3/t16-,17-,18+,19-,20-,21-/m1/s1. The van der Waals surface area contributed by atoms with Crippen molar-refractivity contribution in [1.82, 2.24) is 0 Å². The predicted octanol–water partition coefficient (Wildman–Crippen LogP) is 4.16. The summed E-state index contributed by atoms with van der Waals surface area (Å²) in [6, 6.07) is 2.24. The summed E-state index contributed by atoms with van der Waals surface area (Å²) in [5.41, 5.74) is 0.686. The third kappa shape index (κ3) is 1.96. The van der Waals surface area contributed by atoms with Gasteiger partial charge in [0.05, 0.1) is 18.1 Å². The van der Waals surface area contributed by atoms with Crippen LogP contribution in [0, 0.1) is 39.9 Å². The van der Waals surface area contributed by atoms with Crippen molar-refractivity contribution in [2.24, 2.45) is 28.6 Å². The lowest BCUT2D eigenvalue weighted by Gasteiger charge is -2.59. The first-order chi connectivity index (χ1) is 11.3. The summed E-state index contributed by atoms with van der Waals surface area (Å²) in [5, 5.41) is 20.4. The number of carbonyl (C=O) groups is 1. The molecule has 1 N–H and O–H groups in total. The van der Waals surface area contributed by atoms with Gasteiger partial charge in [-0.1, -0.05) is 19.4 Å². The van der Waals surface area contributed by atoms with Crippen molar-refractivity contribution in [3.63, 3.8) is 0 Å². The van der Waals surface area contributed by atoms with Crippen LogP contribution in [0.1, 0.15) is 71.6 Å². The van der Waals surface area contributed by atoms with Crippen LogP contribution < -0.4 is 0 Å². The second-order valence-electron chi connectivity index (χ2n) is 9.33. The molecule has 0 amide bonds. The lowest BCUT2D eigenvalue weighted by molar-refractivity contribution is -0.128. The van der Waals surface area contributed by atoms with Crippen LogP contribution in [0.3, 0.4) is 0 Å². The molecule has 130 valence electrons. The quantitative estimate of drug-likeness (QED) is 0.786. The van der Waals surface area contributed by atoms with Crippen molar-refractivity contribution in [3.8, 4) is 6.07 Å². The van der Waals surface area contributed by atoms with Crippen LogP contribution in [0.15, 0.2) is 11.6 Å². The number of hydrogen-bond donors (Lipinski definition) is 1. The highest BCUT2D eigenvalue weighted by Gasteiger charge is 2.63. The molecule has 3 heteroatoms. The van der Waals surface area contributed by atoms with Gasteiger partial charge >= 0.3 is 0 Å². The summed E-state index contributed by atoms with van der Waals surface area (Å²) >= 11 is 0. The Morgan fingerprint density at radius 3 is 2.67 bits per heavy atom. The molecule has 24 heavy (non-hydrogen) atoms. The first-order valence-electron chi connectivity index (χ1n) is 9.67. The summed E-state index contributed by atoms with van der Waals surface area (Å²) in [5.74, 6) is 2.14. The highest BCUT2D eigenvalue weighted by atomic mass is 16.3. The number of rotatable bonds is 1. The second kappa shape index (κ2) is 5.18. The van der Waals surface area contributed by atoms with Gasteiger partial charge < -0.3 is 5.11 Å². The maximum atomic E-state index is 11.9. The van der Waals surface area contributed by atoms with Gasteiger partial charge in [-0.3, -0.25) is 4.79 Å². The zero-order valence-corrected chi connectivity index (χ0v) is 15.0. The summed E-state index contributed by atoms with van der Waals surface area (Å²) in [7, 11) is 0. The van der Waals surface area contributed by atoms with E-state index in [-0.39, 0.29) is 17.3 Å². The van der Waals surface area contributed by atoms with Crippen LogP contribution in [0.25, 0.3) is 0 Å². The predicted molar refractivity (Wildman–Crippen MR) is 91.9 cm³/mol. The number of nitrogens with zero attached hydrogens (tertiary/aromatic N) is 1. The average molecular weight is 327 g/mol. The van der Waals surface area contributed by atoms with Gasteiger partial charge in [-0.05, 0) is 74.2 Å². The third-order valence-corrected chi connectivity index (χ3v) is 8.66. The Hall–Kier alpha value is -1.14. The van der Waals surface area contributed by atoms with Crippen molar-refractivity contribution in [1.29, 1.82) is 5.26 Å². The van der Waals surface area contributed by atoms with Gasteiger partial charge in [-0.2, -0.15) is 5.26 Å². The van der Waals surface area contributed by atoms with Crippen LogP contribution in [0.2, 0.25) is 0 Å². The molecule has 4 aliphatic carbocycles. The van der Waals surface area contributed by atoms with Gasteiger partial charge in [-0.15, -0.1) is 0 Å². The molecular formula is C21H29NO2. The number of fused-ring (bicyclic) bond motifs is 5. The van der Waals surface area contributed by atoms with Crippen LogP contribution in [0.4, 0.5) is 0 Å². The molecule has 6 atom stereocenters. The van der Waals surface area contributed by atoms with E-state index in [1.807, 2.05) is 6.08 Å². The number of hydrogen-bond acceptors (Lipinski definition) is 3. The molecule has 3 saturated carbocycles. The van der Waals surface area contributed by atoms with E-state index < -0.39 is 5.60 Å². The summed E-state index contributed by atoms with van der Waals surface area (Å²) in [6.45, 7) is 4.64. The number of nitriles is 1. The Kier molecular flexibility index (Phi) is 3.52. The number of ketones is 1. The molecule has 3 nitrogen and oxygen atoms in total. The van der Waals surface area contributed by atoms with E-state index in [2.05, 4.69) is 19.9 Å². The summed E-state index contributed by atoms with van der Waals surface area (Å²) in [4.78, 5) is 11.9. The van der Waals surface area contributed by atoms with Gasteiger partial charge in [0.2, 0.25) is 0 Å². The molecule has 3 fully saturated rings. The molecule has 4 rings (SSSR count). The molecule has 0 bridgehead atoms. The van der Waals surface area contributed by atoms with Crippen molar-refractivity contribution in [3.05, 3.63) is 11.6 Å². The SMILES string of the molecule is C[C@@]12CCC(=O)C=C1CC[C@@H]1[C@H]2CC[C@]2(C)[C@H]1CC[C@@]2(O)CC#N. The van der Waals surface area contributed by atoms with Gasteiger partial charge in [0.25, 0.3) is 0 Å². The maximum absolute atomic E-state index is 11.9. The van der Waals surface area contributed by atoms with Crippen molar-refractivity contribution in [2.45, 2.75) is 77.2 Å². The molecule has 0 saturated heterocycles. The van der Waals surface area contributed by atoms with Crippen LogP contribution in [0.5, 0.6) is 0 Å². The minimum absolute atomic E-state index is 0.105.